The zero-order valence-corrected chi connectivity index (χ0v) is 10.6. The largest absolute Gasteiger partial charge is 0.399 e. The first-order valence-corrected chi connectivity index (χ1v) is 6.52. The van der Waals surface area contributed by atoms with E-state index in [0.717, 1.165) is 16.9 Å². The Morgan fingerprint density at radius 1 is 1.39 bits per heavy atom. The minimum atomic E-state index is 0.334. The summed E-state index contributed by atoms with van der Waals surface area (Å²) in [5.74, 6) is 1.01. The van der Waals surface area contributed by atoms with E-state index in [-0.39, 0.29) is 0 Å². The maximum Gasteiger partial charge on any atom is 0.127 e. The second-order valence-corrected chi connectivity index (χ2v) is 5.22. The van der Waals surface area contributed by atoms with E-state index in [1.54, 1.807) is 6.26 Å². The van der Waals surface area contributed by atoms with Gasteiger partial charge >= 0.3 is 0 Å². The van der Waals surface area contributed by atoms with Gasteiger partial charge in [0.1, 0.15) is 6.26 Å². The normalized spacial score (nSPS) is 17.4. The van der Waals surface area contributed by atoms with E-state index in [9.17, 15) is 0 Å². The Hall–Kier alpha value is -1.77. The van der Waals surface area contributed by atoms with Crippen LogP contribution in [0.25, 0.3) is 0 Å². The van der Waals surface area contributed by atoms with Gasteiger partial charge in [0.15, 0.2) is 0 Å². The van der Waals surface area contributed by atoms with Gasteiger partial charge in [0, 0.05) is 17.2 Å². The molecule has 1 fully saturated rings. The van der Waals surface area contributed by atoms with Gasteiger partial charge in [0.05, 0.1) is 5.69 Å². The molecule has 18 heavy (non-hydrogen) atoms. The first kappa shape index (κ1) is 11.3. The highest BCUT2D eigenvalue weighted by Gasteiger charge is 2.32. The van der Waals surface area contributed by atoms with Gasteiger partial charge < -0.3 is 10.3 Å². The van der Waals surface area contributed by atoms with Crippen molar-refractivity contribution in [1.29, 1.82) is 0 Å². The molecule has 0 bridgehead atoms. The number of hydrogen-bond acceptors (Lipinski definition) is 3. The van der Waals surface area contributed by atoms with Crippen LogP contribution in [0.15, 0.2) is 35.1 Å². The highest BCUT2D eigenvalue weighted by molar-refractivity contribution is 5.44. The molecule has 3 heteroatoms. The van der Waals surface area contributed by atoms with Crippen molar-refractivity contribution in [2.75, 3.05) is 5.73 Å². The van der Waals surface area contributed by atoms with Gasteiger partial charge in [0.25, 0.3) is 0 Å². The number of nitrogens with two attached hydrogens (primary N) is 1. The molecule has 0 saturated heterocycles. The van der Waals surface area contributed by atoms with E-state index in [2.05, 4.69) is 24.2 Å². The van der Waals surface area contributed by atoms with Crippen molar-refractivity contribution in [3.8, 4) is 0 Å². The quantitative estimate of drug-likeness (QED) is 0.838. The van der Waals surface area contributed by atoms with Gasteiger partial charge in [-0.25, -0.2) is 0 Å². The molecular weight excluding hydrogens is 224 g/mol. The van der Waals surface area contributed by atoms with E-state index in [1.807, 2.05) is 12.1 Å². The average molecular weight is 242 g/mol. The highest BCUT2D eigenvalue weighted by atomic mass is 16.5. The Morgan fingerprint density at radius 2 is 2.22 bits per heavy atom. The summed E-state index contributed by atoms with van der Waals surface area (Å²) in [6, 6.07) is 8.16. The van der Waals surface area contributed by atoms with Crippen molar-refractivity contribution in [2.45, 2.75) is 32.1 Å². The van der Waals surface area contributed by atoms with E-state index in [0.29, 0.717) is 11.8 Å². The lowest BCUT2D eigenvalue weighted by atomic mass is 9.71. The summed E-state index contributed by atoms with van der Waals surface area (Å²) in [7, 11) is 0. The van der Waals surface area contributed by atoms with Crippen LogP contribution >= 0.6 is 0 Å². The molecule has 3 nitrogen and oxygen atoms in total. The Kier molecular flexibility index (Phi) is 2.82. The maximum atomic E-state index is 5.90. The Morgan fingerprint density at radius 3 is 2.78 bits per heavy atom. The number of aryl methyl sites for hydroxylation is 1. The topological polar surface area (TPSA) is 52.0 Å². The molecular formula is C15H18N2O. The summed E-state index contributed by atoms with van der Waals surface area (Å²) in [6.45, 7) is 2.06. The fourth-order valence-corrected chi connectivity index (χ4v) is 2.78. The van der Waals surface area contributed by atoms with Crippen molar-refractivity contribution in [3.63, 3.8) is 0 Å². The first-order valence-electron chi connectivity index (χ1n) is 6.52. The molecule has 1 saturated carbocycles. The van der Waals surface area contributed by atoms with Crippen molar-refractivity contribution >= 4 is 5.69 Å². The molecule has 1 aliphatic carbocycles. The molecule has 94 valence electrons. The Labute approximate surface area is 107 Å². The van der Waals surface area contributed by atoms with Gasteiger partial charge in [-0.2, -0.15) is 0 Å². The predicted octanol–water partition coefficient (Wildman–Crippen LogP) is 3.50. The van der Waals surface area contributed by atoms with Crippen molar-refractivity contribution in [1.82, 2.24) is 5.16 Å². The lowest BCUT2D eigenvalue weighted by Crippen LogP contribution is -2.22. The standard InChI is InChI=1S/C15H18N2O/c1-10-9-18-17-15(10)14(11-4-2-5-11)12-6-3-7-13(16)8-12/h3,6-9,11,14H,2,4-5,16H2,1H3/t14-/m0/s1. The molecule has 1 atom stereocenters. The Balaban J connectivity index is 2.03. The number of rotatable bonds is 3. The summed E-state index contributed by atoms with van der Waals surface area (Å²) < 4.78 is 5.12. The van der Waals surface area contributed by atoms with E-state index in [4.69, 9.17) is 10.3 Å². The number of anilines is 1. The first-order chi connectivity index (χ1) is 8.75. The van der Waals surface area contributed by atoms with Crippen molar-refractivity contribution in [2.24, 2.45) is 5.92 Å². The molecule has 1 heterocycles. The summed E-state index contributed by atoms with van der Waals surface area (Å²) in [6.07, 6.45) is 5.59. The lowest BCUT2D eigenvalue weighted by molar-refractivity contribution is 0.274. The molecule has 0 unspecified atom stereocenters. The van der Waals surface area contributed by atoms with Crippen molar-refractivity contribution in [3.05, 3.63) is 47.3 Å². The van der Waals surface area contributed by atoms with Crippen LogP contribution in [0, 0.1) is 12.8 Å². The second kappa shape index (κ2) is 4.48. The summed E-state index contributed by atoms with van der Waals surface area (Å²) in [5.41, 5.74) is 10.2. The van der Waals surface area contributed by atoms with Gasteiger partial charge in [0.2, 0.25) is 0 Å². The van der Waals surface area contributed by atoms with Crippen molar-refractivity contribution < 1.29 is 4.52 Å². The van der Waals surface area contributed by atoms with Crippen LogP contribution in [0.3, 0.4) is 0 Å². The molecule has 1 aliphatic rings. The molecule has 1 aromatic carbocycles. The number of aromatic nitrogens is 1. The zero-order chi connectivity index (χ0) is 12.5. The van der Waals surface area contributed by atoms with Crippen LogP contribution in [0.2, 0.25) is 0 Å². The number of nitrogen functional groups attached to an aromatic ring is 1. The minimum absolute atomic E-state index is 0.334. The minimum Gasteiger partial charge on any atom is -0.399 e. The summed E-state index contributed by atoms with van der Waals surface area (Å²) in [4.78, 5) is 0. The second-order valence-electron chi connectivity index (χ2n) is 5.22. The van der Waals surface area contributed by atoms with E-state index >= 15 is 0 Å². The van der Waals surface area contributed by atoms with E-state index in [1.165, 1.54) is 24.8 Å². The van der Waals surface area contributed by atoms with Gasteiger partial charge in [-0.3, -0.25) is 0 Å². The number of hydrogen-bond donors (Lipinski definition) is 1. The third kappa shape index (κ3) is 1.90. The monoisotopic (exact) mass is 242 g/mol. The molecule has 1 aromatic heterocycles. The molecule has 2 N–H and O–H groups in total. The third-order valence-corrected chi connectivity index (χ3v) is 3.97. The SMILES string of the molecule is Cc1conc1[C@H](c1cccc(N)c1)C1CCC1. The third-order valence-electron chi connectivity index (χ3n) is 3.97. The zero-order valence-electron chi connectivity index (χ0n) is 10.6. The smallest absolute Gasteiger partial charge is 0.127 e. The van der Waals surface area contributed by atoms with Crippen LogP contribution in [0.5, 0.6) is 0 Å². The molecule has 0 amide bonds. The molecule has 0 radical (unpaired) electrons. The highest BCUT2D eigenvalue weighted by Crippen LogP contribution is 2.43. The summed E-state index contributed by atoms with van der Waals surface area (Å²) in [5, 5.41) is 4.21. The number of benzene rings is 1. The van der Waals surface area contributed by atoms with Crippen LogP contribution < -0.4 is 5.73 Å². The van der Waals surface area contributed by atoms with Crippen LogP contribution in [-0.4, -0.2) is 5.16 Å². The van der Waals surface area contributed by atoms with Crippen LogP contribution in [0.4, 0.5) is 5.69 Å². The maximum absolute atomic E-state index is 5.90. The van der Waals surface area contributed by atoms with Crippen LogP contribution in [0.1, 0.15) is 42.0 Å². The van der Waals surface area contributed by atoms with Gasteiger partial charge in [-0.1, -0.05) is 23.7 Å². The molecule has 2 aromatic rings. The average Bonchev–Trinajstić information content (AvgIpc) is 2.69. The molecule has 0 spiro atoms. The van der Waals surface area contributed by atoms with Gasteiger partial charge in [-0.05, 0) is 43.4 Å². The number of nitrogens with zero attached hydrogens (tertiary/aromatic N) is 1. The predicted molar refractivity (Wildman–Crippen MR) is 71.3 cm³/mol. The lowest BCUT2D eigenvalue weighted by Gasteiger charge is -2.33. The molecule has 3 rings (SSSR count). The fourth-order valence-electron chi connectivity index (χ4n) is 2.78. The summed E-state index contributed by atoms with van der Waals surface area (Å²) >= 11 is 0. The molecule has 0 aliphatic heterocycles. The fraction of sp³-hybridized carbons (Fsp3) is 0.400. The Bertz CT molecular complexity index is 543. The van der Waals surface area contributed by atoms with Crippen LogP contribution in [-0.2, 0) is 0 Å². The van der Waals surface area contributed by atoms with E-state index < -0.39 is 0 Å². The van der Waals surface area contributed by atoms with Gasteiger partial charge in [-0.15, -0.1) is 0 Å².